The van der Waals surface area contributed by atoms with E-state index in [9.17, 15) is 5.11 Å². The molecule has 0 aromatic rings. The van der Waals surface area contributed by atoms with Gasteiger partial charge in [0.1, 0.15) is 0 Å². The van der Waals surface area contributed by atoms with Crippen molar-refractivity contribution >= 4 is 0 Å². The molecule has 1 rings (SSSR count). The van der Waals surface area contributed by atoms with E-state index in [1.165, 1.54) is 24.0 Å². The van der Waals surface area contributed by atoms with Gasteiger partial charge in [-0.25, -0.2) is 0 Å². The first-order chi connectivity index (χ1) is 6.94. The Balaban J connectivity index is 2.51. The fourth-order valence-corrected chi connectivity index (χ4v) is 2.17. The van der Waals surface area contributed by atoms with E-state index in [4.69, 9.17) is 0 Å². The van der Waals surface area contributed by atoms with Crippen LogP contribution in [0.3, 0.4) is 0 Å². The average molecular weight is 208 g/mol. The fourth-order valence-electron chi connectivity index (χ4n) is 2.17. The van der Waals surface area contributed by atoms with Crippen molar-refractivity contribution in [1.82, 2.24) is 0 Å². The lowest BCUT2D eigenvalue weighted by atomic mass is 9.79. The number of hydrogen-bond donors (Lipinski definition) is 1. The Labute approximate surface area is 93.9 Å². The Hall–Kier alpha value is -0.560. The molecule has 1 unspecified atom stereocenters. The second kappa shape index (κ2) is 4.98. The molecule has 0 bridgehead atoms. The molecule has 1 aliphatic carbocycles. The van der Waals surface area contributed by atoms with Gasteiger partial charge in [0.2, 0.25) is 0 Å². The van der Waals surface area contributed by atoms with Gasteiger partial charge >= 0.3 is 0 Å². The van der Waals surface area contributed by atoms with Crippen LogP contribution >= 0.6 is 0 Å². The standard InChI is InChI=1S/C14H24O/c1-11(2)13-7-5-12(6-8-13)9-14(3,4)10-15/h5,13,15H,1,6-10H2,2-4H3. The highest BCUT2D eigenvalue weighted by Crippen LogP contribution is 2.34. The number of aliphatic hydroxyl groups is 1. The Morgan fingerprint density at radius 2 is 2.27 bits per heavy atom. The average Bonchev–Trinajstić information content (AvgIpc) is 2.18. The maximum Gasteiger partial charge on any atom is 0.0485 e. The summed E-state index contributed by atoms with van der Waals surface area (Å²) in [5.41, 5.74) is 2.88. The summed E-state index contributed by atoms with van der Waals surface area (Å²) < 4.78 is 0. The molecule has 0 saturated carbocycles. The summed E-state index contributed by atoms with van der Waals surface area (Å²) in [6, 6.07) is 0. The summed E-state index contributed by atoms with van der Waals surface area (Å²) >= 11 is 0. The SMILES string of the molecule is C=C(C)C1CC=C(CC(C)(C)CO)CC1. The van der Waals surface area contributed by atoms with Gasteiger partial charge < -0.3 is 5.11 Å². The zero-order valence-electron chi connectivity index (χ0n) is 10.3. The van der Waals surface area contributed by atoms with E-state index in [0.29, 0.717) is 5.92 Å². The molecule has 1 atom stereocenters. The Morgan fingerprint density at radius 3 is 2.67 bits per heavy atom. The molecule has 0 saturated heterocycles. The molecule has 1 heteroatoms. The quantitative estimate of drug-likeness (QED) is 0.698. The van der Waals surface area contributed by atoms with E-state index in [1.807, 2.05) is 0 Å². The van der Waals surface area contributed by atoms with E-state index < -0.39 is 0 Å². The number of rotatable bonds is 4. The van der Waals surface area contributed by atoms with Crippen LogP contribution in [0.5, 0.6) is 0 Å². The van der Waals surface area contributed by atoms with Gasteiger partial charge in [-0.3, -0.25) is 0 Å². The van der Waals surface area contributed by atoms with Gasteiger partial charge in [-0.05, 0) is 43.9 Å². The second-order valence-electron chi connectivity index (χ2n) is 5.68. The van der Waals surface area contributed by atoms with E-state index >= 15 is 0 Å². The molecule has 1 nitrogen and oxygen atoms in total. The van der Waals surface area contributed by atoms with Crippen LogP contribution in [-0.2, 0) is 0 Å². The Bertz CT molecular complexity index is 261. The lowest BCUT2D eigenvalue weighted by Crippen LogP contribution is -2.19. The zero-order valence-corrected chi connectivity index (χ0v) is 10.3. The first kappa shape index (κ1) is 12.5. The summed E-state index contributed by atoms with van der Waals surface area (Å²) in [6.45, 7) is 10.7. The van der Waals surface area contributed by atoms with Crippen molar-refractivity contribution in [3.8, 4) is 0 Å². The minimum absolute atomic E-state index is 0.0435. The number of aliphatic hydroxyl groups excluding tert-OH is 1. The van der Waals surface area contributed by atoms with Crippen molar-refractivity contribution in [3.63, 3.8) is 0 Å². The van der Waals surface area contributed by atoms with Gasteiger partial charge in [-0.2, -0.15) is 0 Å². The molecular formula is C14H24O. The lowest BCUT2D eigenvalue weighted by Gasteiger charge is -2.28. The van der Waals surface area contributed by atoms with Crippen LogP contribution in [0, 0.1) is 11.3 Å². The van der Waals surface area contributed by atoms with Crippen LogP contribution < -0.4 is 0 Å². The van der Waals surface area contributed by atoms with Gasteiger partial charge in [0.15, 0.2) is 0 Å². The molecule has 0 heterocycles. The highest BCUT2D eigenvalue weighted by molar-refractivity contribution is 5.13. The predicted molar refractivity (Wildman–Crippen MR) is 65.7 cm³/mol. The molecule has 0 aliphatic heterocycles. The van der Waals surface area contributed by atoms with Crippen LogP contribution in [0.4, 0.5) is 0 Å². The minimum Gasteiger partial charge on any atom is -0.396 e. The van der Waals surface area contributed by atoms with Gasteiger partial charge in [-0.15, -0.1) is 0 Å². The zero-order chi connectivity index (χ0) is 11.5. The van der Waals surface area contributed by atoms with Crippen molar-refractivity contribution in [2.75, 3.05) is 6.61 Å². The summed E-state index contributed by atoms with van der Waals surface area (Å²) in [5.74, 6) is 0.686. The second-order valence-corrected chi connectivity index (χ2v) is 5.68. The molecule has 0 fully saturated rings. The molecule has 86 valence electrons. The molecule has 0 radical (unpaired) electrons. The van der Waals surface area contributed by atoms with Crippen LogP contribution in [0.1, 0.15) is 46.5 Å². The van der Waals surface area contributed by atoms with Crippen molar-refractivity contribution in [2.45, 2.75) is 46.5 Å². The van der Waals surface area contributed by atoms with E-state index in [2.05, 4.69) is 33.4 Å². The van der Waals surface area contributed by atoms with E-state index in [-0.39, 0.29) is 12.0 Å². The first-order valence-electron chi connectivity index (χ1n) is 5.89. The molecule has 1 N–H and O–H groups in total. The normalized spacial score (nSPS) is 22.4. The van der Waals surface area contributed by atoms with Gasteiger partial charge in [0.05, 0.1) is 0 Å². The van der Waals surface area contributed by atoms with Crippen LogP contribution in [0.2, 0.25) is 0 Å². The van der Waals surface area contributed by atoms with Crippen LogP contribution in [-0.4, -0.2) is 11.7 Å². The number of hydrogen-bond acceptors (Lipinski definition) is 1. The van der Waals surface area contributed by atoms with E-state index in [0.717, 1.165) is 12.8 Å². The molecule has 0 aromatic carbocycles. The van der Waals surface area contributed by atoms with Gasteiger partial charge in [0.25, 0.3) is 0 Å². The summed E-state index contributed by atoms with van der Waals surface area (Å²) in [7, 11) is 0. The molecular weight excluding hydrogens is 184 g/mol. The number of allylic oxidation sites excluding steroid dienone is 3. The molecule has 0 spiro atoms. The fraction of sp³-hybridized carbons (Fsp3) is 0.714. The summed E-state index contributed by atoms with van der Waals surface area (Å²) in [6.07, 6.45) is 6.96. The lowest BCUT2D eigenvalue weighted by molar-refractivity contribution is 0.158. The van der Waals surface area contributed by atoms with Crippen LogP contribution in [0.25, 0.3) is 0 Å². The highest BCUT2D eigenvalue weighted by atomic mass is 16.3. The summed E-state index contributed by atoms with van der Waals surface area (Å²) in [4.78, 5) is 0. The third kappa shape index (κ3) is 3.83. The third-order valence-electron chi connectivity index (χ3n) is 3.34. The van der Waals surface area contributed by atoms with Gasteiger partial charge in [-0.1, -0.05) is 37.6 Å². The maximum atomic E-state index is 9.22. The first-order valence-corrected chi connectivity index (χ1v) is 5.89. The van der Waals surface area contributed by atoms with Crippen molar-refractivity contribution in [3.05, 3.63) is 23.8 Å². The maximum absolute atomic E-state index is 9.22. The molecule has 15 heavy (non-hydrogen) atoms. The monoisotopic (exact) mass is 208 g/mol. The topological polar surface area (TPSA) is 20.2 Å². The Morgan fingerprint density at radius 1 is 1.60 bits per heavy atom. The highest BCUT2D eigenvalue weighted by Gasteiger charge is 2.21. The largest absolute Gasteiger partial charge is 0.396 e. The third-order valence-corrected chi connectivity index (χ3v) is 3.34. The smallest absolute Gasteiger partial charge is 0.0485 e. The van der Waals surface area contributed by atoms with Crippen molar-refractivity contribution in [1.29, 1.82) is 0 Å². The predicted octanol–water partition coefficient (Wildman–Crippen LogP) is 3.70. The molecule has 0 aromatic heterocycles. The van der Waals surface area contributed by atoms with Crippen molar-refractivity contribution < 1.29 is 5.11 Å². The van der Waals surface area contributed by atoms with Crippen LogP contribution in [0.15, 0.2) is 23.8 Å². The molecule has 1 aliphatic rings. The minimum atomic E-state index is 0.0435. The van der Waals surface area contributed by atoms with Crippen molar-refractivity contribution in [2.24, 2.45) is 11.3 Å². The summed E-state index contributed by atoms with van der Waals surface area (Å²) in [5, 5.41) is 9.22. The van der Waals surface area contributed by atoms with Gasteiger partial charge in [0, 0.05) is 6.61 Å². The van der Waals surface area contributed by atoms with E-state index in [1.54, 1.807) is 0 Å². The molecule has 0 amide bonds. The Kier molecular flexibility index (Phi) is 4.15.